The summed E-state index contributed by atoms with van der Waals surface area (Å²) >= 11 is 0. The third kappa shape index (κ3) is 4.35. The van der Waals surface area contributed by atoms with E-state index < -0.39 is 6.04 Å². The molecule has 0 radical (unpaired) electrons. The Morgan fingerprint density at radius 3 is 2.20 bits per heavy atom. The molecule has 0 saturated carbocycles. The number of hydrogen-bond acceptors (Lipinski definition) is 3. The summed E-state index contributed by atoms with van der Waals surface area (Å²) in [4.78, 5) is 24.3. The minimum atomic E-state index is -0.405. The third-order valence-corrected chi connectivity index (χ3v) is 3.71. The van der Waals surface area contributed by atoms with E-state index in [2.05, 4.69) is 10.6 Å². The highest BCUT2D eigenvalue weighted by molar-refractivity contribution is 5.96. The number of furan rings is 1. The van der Waals surface area contributed by atoms with Crippen LogP contribution in [0.1, 0.15) is 27.7 Å². The van der Waals surface area contributed by atoms with E-state index in [0.29, 0.717) is 11.3 Å². The molecule has 1 aromatic heterocycles. The van der Waals surface area contributed by atoms with Crippen molar-refractivity contribution < 1.29 is 14.0 Å². The van der Waals surface area contributed by atoms with Gasteiger partial charge in [-0.1, -0.05) is 48.5 Å². The smallest absolute Gasteiger partial charge is 0.251 e. The molecule has 0 aliphatic heterocycles. The number of rotatable bonds is 6. The number of carbonyl (C=O) groups is 2. The Labute approximate surface area is 145 Å². The largest absolute Gasteiger partial charge is 0.467 e. The second kappa shape index (κ2) is 7.97. The average molecular weight is 334 g/mol. The molecule has 2 N–H and O–H groups in total. The molecular formula is C20H18N2O3. The van der Waals surface area contributed by atoms with Crippen molar-refractivity contribution in [2.24, 2.45) is 0 Å². The first kappa shape index (κ1) is 16.5. The van der Waals surface area contributed by atoms with Crippen LogP contribution in [-0.2, 0) is 4.79 Å². The molecule has 3 rings (SSSR count). The van der Waals surface area contributed by atoms with E-state index in [1.165, 1.54) is 0 Å². The first-order valence-corrected chi connectivity index (χ1v) is 7.95. The summed E-state index contributed by atoms with van der Waals surface area (Å²) in [7, 11) is 0. The van der Waals surface area contributed by atoms with E-state index in [0.717, 1.165) is 5.56 Å². The van der Waals surface area contributed by atoms with E-state index in [9.17, 15) is 9.59 Å². The fraction of sp³-hybridized carbons (Fsp3) is 0.100. The molecule has 5 nitrogen and oxygen atoms in total. The van der Waals surface area contributed by atoms with Gasteiger partial charge in [0.2, 0.25) is 5.91 Å². The van der Waals surface area contributed by atoms with E-state index in [4.69, 9.17) is 4.42 Å². The summed E-state index contributed by atoms with van der Waals surface area (Å²) < 4.78 is 5.44. The van der Waals surface area contributed by atoms with Crippen molar-refractivity contribution in [1.29, 1.82) is 0 Å². The predicted octanol–water partition coefficient (Wildman–Crippen LogP) is 2.92. The van der Waals surface area contributed by atoms with Crippen molar-refractivity contribution in [1.82, 2.24) is 10.6 Å². The SMILES string of the molecule is O=C(CNC(=O)c1ccccc1)NC(c1ccccc1)c1ccco1. The molecule has 0 aliphatic carbocycles. The molecule has 25 heavy (non-hydrogen) atoms. The Kier molecular flexibility index (Phi) is 5.26. The zero-order valence-electron chi connectivity index (χ0n) is 13.5. The molecule has 0 fully saturated rings. The van der Waals surface area contributed by atoms with Gasteiger partial charge in [0.25, 0.3) is 5.91 Å². The number of amides is 2. The number of carbonyl (C=O) groups excluding carboxylic acids is 2. The van der Waals surface area contributed by atoms with Gasteiger partial charge in [-0.15, -0.1) is 0 Å². The van der Waals surface area contributed by atoms with Crippen molar-refractivity contribution >= 4 is 11.8 Å². The van der Waals surface area contributed by atoms with Crippen LogP contribution in [0, 0.1) is 0 Å². The molecule has 0 aliphatic rings. The lowest BCUT2D eigenvalue weighted by molar-refractivity contribution is -0.120. The molecule has 1 heterocycles. The first-order valence-electron chi connectivity index (χ1n) is 7.95. The standard InChI is InChI=1S/C20H18N2O3/c23-18(14-21-20(24)16-10-5-2-6-11-16)22-19(17-12-7-13-25-17)15-8-3-1-4-9-15/h1-13,19H,14H2,(H,21,24)(H,22,23). The highest BCUT2D eigenvalue weighted by atomic mass is 16.3. The topological polar surface area (TPSA) is 71.3 Å². The van der Waals surface area contributed by atoms with Crippen LogP contribution in [0.15, 0.2) is 83.5 Å². The zero-order chi connectivity index (χ0) is 17.5. The molecule has 126 valence electrons. The lowest BCUT2D eigenvalue weighted by Gasteiger charge is -2.17. The van der Waals surface area contributed by atoms with Gasteiger partial charge < -0.3 is 15.1 Å². The Balaban J connectivity index is 1.64. The van der Waals surface area contributed by atoms with E-state index in [1.807, 2.05) is 36.4 Å². The van der Waals surface area contributed by atoms with Crippen LogP contribution < -0.4 is 10.6 Å². The molecule has 0 saturated heterocycles. The van der Waals surface area contributed by atoms with E-state index in [1.54, 1.807) is 42.7 Å². The molecule has 5 heteroatoms. The maximum Gasteiger partial charge on any atom is 0.251 e. The maximum absolute atomic E-state index is 12.3. The van der Waals surface area contributed by atoms with Crippen LogP contribution in [0.4, 0.5) is 0 Å². The van der Waals surface area contributed by atoms with Gasteiger partial charge in [0.1, 0.15) is 11.8 Å². The van der Waals surface area contributed by atoms with Crippen molar-refractivity contribution in [3.05, 3.63) is 95.9 Å². The summed E-state index contributed by atoms with van der Waals surface area (Å²) in [5, 5.41) is 5.51. The number of nitrogens with one attached hydrogen (secondary N) is 2. The summed E-state index contributed by atoms with van der Waals surface area (Å²) in [5.41, 5.74) is 1.42. The molecule has 2 amide bonds. The van der Waals surface area contributed by atoms with E-state index in [-0.39, 0.29) is 18.4 Å². The molecule has 1 atom stereocenters. The van der Waals surface area contributed by atoms with Crippen LogP contribution in [0.25, 0.3) is 0 Å². The van der Waals surface area contributed by atoms with Gasteiger partial charge in [-0.2, -0.15) is 0 Å². The summed E-state index contributed by atoms with van der Waals surface area (Å²) in [6.45, 7) is -0.113. The van der Waals surface area contributed by atoms with Gasteiger partial charge in [-0.25, -0.2) is 0 Å². The Hall–Kier alpha value is -3.34. The molecule has 2 aromatic carbocycles. The minimum Gasteiger partial charge on any atom is -0.467 e. The van der Waals surface area contributed by atoms with Crippen molar-refractivity contribution in [3.8, 4) is 0 Å². The molecule has 0 spiro atoms. The van der Waals surface area contributed by atoms with Crippen LogP contribution in [-0.4, -0.2) is 18.4 Å². The van der Waals surface area contributed by atoms with Gasteiger partial charge in [-0.05, 0) is 29.8 Å². The summed E-state index contributed by atoms with van der Waals surface area (Å²) in [6.07, 6.45) is 1.56. The lowest BCUT2D eigenvalue weighted by atomic mass is 10.0. The zero-order valence-corrected chi connectivity index (χ0v) is 13.5. The van der Waals surface area contributed by atoms with Crippen molar-refractivity contribution in [2.75, 3.05) is 6.54 Å². The average Bonchev–Trinajstić information content (AvgIpc) is 3.20. The quantitative estimate of drug-likeness (QED) is 0.728. The van der Waals surface area contributed by atoms with Crippen molar-refractivity contribution in [3.63, 3.8) is 0 Å². The predicted molar refractivity (Wildman–Crippen MR) is 93.9 cm³/mol. The van der Waals surface area contributed by atoms with Crippen LogP contribution in [0.5, 0.6) is 0 Å². The number of benzene rings is 2. The van der Waals surface area contributed by atoms with Crippen molar-refractivity contribution in [2.45, 2.75) is 6.04 Å². The Morgan fingerprint density at radius 2 is 1.56 bits per heavy atom. The first-order chi connectivity index (χ1) is 12.2. The number of hydrogen-bond donors (Lipinski definition) is 2. The van der Waals surface area contributed by atoms with Gasteiger partial charge in [-0.3, -0.25) is 9.59 Å². The molecule has 3 aromatic rings. The maximum atomic E-state index is 12.3. The highest BCUT2D eigenvalue weighted by Gasteiger charge is 2.19. The molecular weight excluding hydrogens is 316 g/mol. The Bertz CT molecular complexity index is 815. The third-order valence-electron chi connectivity index (χ3n) is 3.71. The van der Waals surface area contributed by atoms with Gasteiger partial charge >= 0.3 is 0 Å². The fourth-order valence-electron chi connectivity index (χ4n) is 2.48. The normalized spacial score (nSPS) is 11.5. The van der Waals surface area contributed by atoms with Crippen LogP contribution in [0.2, 0.25) is 0 Å². The minimum absolute atomic E-state index is 0.113. The van der Waals surface area contributed by atoms with Gasteiger partial charge in [0.15, 0.2) is 0 Å². The monoisotopic (exact) mass is 334 g/mol. The fourth-order valence-corrected chi connectivity index (χ4v) is 2.48. The highest BCUT2D eigenvalue weighted by Crippen LogP contribution is 2.22. The van der Waals surface area contributed by atoms with Crippen LogP contribution in [0.3, 0.4) is 0 Å². The molecule has 0 bridgehead atoms. The van der Waals surface area contributed by atoms with Gasteiger partial charge in [0.05, 0.1) is 12.8 Å². The molecule has 1 unspecified atom stereocenters. The second-order valence-electron chi connectivity index (χ2n) is 5.48. The van der Waals surface area contributed by atoms with Gasteiger partial charge in [0, 0.05) is 5.56 Å². The second-order valence-corrected chi connectivity index (χ2v) is 5.48. The Morgan fingerprint density at radius 1 is 0.880 bits per heavy atom. The van der Waals surface area contributed by atoms with E-state index >= 15 is 0 Å². The lowest BCUT2D eigenvalue weighted by Crippen LogP contribution is -2.38. The summed E-state index contributed by atoms with van der Waals surface area (Å²) in [5.74, 6) is 0.0495. The summed E-state index contributed by atoms with van der Waals surface area (Å²) in [6, 6.07) is 21.5. The van der Waals surface area contributed by atoms with Crippen LogP contribution >= 0.6 is 0 Å².